The lowest BCUT2D eigenvalue weighted by molar-refractivity contribution is -0.133. The third kappa shape index (κ3) is 3.74. The molecule has 0 aromatic carbocycles. The number of nitrogens with zero attached hydrogens (tertiary/aromatic N) is 3. The average Bonchev–Trinajstić information content (AvgIpc) is 3.08. The molecule has 7 nitrogen and oxygen atoms in total. The van der Waals surface area contributed by atoms with E-state index in [1.165, 1.54) is 11.3 Å². The zero-order chi connectivity index (χ0) is 15.2. The second kappa shape index (κ2) is 7.43. The van der Waals surface area contributed by atoms with Crippen molar-refractivity contribution in [2.75, 3.05) is 26.6 Å². The molecule has 0 spiro atoms. The fourth-order valence-electron chi connectivity index (χ4n) is 1.70. The van der Waals surface area contributed by atoms with Crippen molar-refractivity contribution >= 4 is 29.1 Å². The molecule has 0 aliphatic carbocycles. The van der Waals surface area contributed by atoms with Gasteiger partial charge in [-0.25, -0.2) is 0 Å². The maximum Gasteiger partial charge on any atom is 0.313 e. The molecular weight excluding hydrogens is 314 g/mol. The summed E-state index contributed by atoms with van der Waals surface area (Å²) in [5.41, 5.74) is 0. The van der Waals surface area contributed by atoms with E-state index < -0.39 is 5.97 Å². The van der Waals surface area contributed by atoms with Crippen LogP contribution in [-0.4, -0.2) is 52.4 Å². The van der Waals surface area contributed by atoms with E-state index in [-0.39, 0.29) is 5.75 Å². The third-order valence-electron chi connectivity index (χ3n) is 2.61. The summed E-state index contributed by atoms with van der Waals surface area (Å²) < 4.78 is 12.3. The van der Waals surface area contributed by atoms with Crippen LogP contribution in [-0.2, 0) is 16.1 Å². The Hall–Kier alpha value is -1.58. The van der Waals surface area contributed by atoms with Crippen molar-refractivity contribution < 1.29 is 19.4 Å². The van der Waals surface area contributed by atoms with Crippen molar-refractivity contribution in [3.8, 4) is 16.5 Å². The molecule has 0 amide bonds. The second-order valence-corrected chi connectivity index (χ2v) is 5.81. The fourth-order valence-corrected chi connectivity index (χ4v) is 3.23. The van der Waals surface area contributed by atoms with Gasteiger partial charge in [0, 0.05) is 7.11 Å². The molecule has 0 aliphatic rings. The number of carbonyl (C=O) groups is 1. The summed E-state index contributed by atoms with van der Waals surface area (Å²) in [7, 11) is 3.21. The van der Waals surface area contributed by atoms with Gasteiger partial charge in [-0.3, -0.25) is 9.36 Å². The Morgan fingerprint density at radius 1 is 1.48 bits per heavy atom. The second-order valence-electron chi connectivity index (χ2n) is 3.95. The van der Waals surface area contributed by atoms with Crippen LogP contribution in [0.4, 0.5) is 0 Å². The number of hydrogen-bond donors (Lipinski definition) is 1. The Morgan fingerprint density at radius 3 is 2.95 bits per heavy atom. The molecule has 0 saturated carbocycles. The molecule has 0 fully saturated rings. The number of hydrogen-bond acceptors (Lipinski definition) is 7. The largest absolute Gasteiger partial charge is 0.495 e. The highest BCUT2D eigenvalue weighted by Crippen LogP contribution is 2.35. The molecule has 2 rings (SSSR count). The maximum atomic E-state index is 10.7. The summed E-state index contributed by atoms with van der Waals surface area (Å²) in [4.78, 5) is 11.6. The van der Waals surface area contributed by atoms with Gasteiger partial charge in [-0.2, -0.15) is 0 Å². The first-order valence-corrected chi connectivity index (χ1v) is 7.92. The number of methoxy groups -OCH3 is 2. The van der Waals surface area contributed by atoms with Crippen LogP contribution in [0, 0.1) is 0 Å². The topological polar surface area (TPSA) is 86.5 Å². The Labute approximate surface area is 129 Å². The van der Waals surface area contributed by atoms with Crippen LogP contribution >= 0.6 is 23.1 Å². The van der Waals surface area contributed by atoms with Gasteiger partial charge >= 0.3 is 5.97 Å². The molecule has 2 aromatic heterocycles. The molecule has 2 heterocycles. The van der Waals surface area contributed by atoms with Gasteiger partial charge in [-0.05, 0) is 11.4 Å². The standard InChI is InChI=1S/C12H15N3O4S2/c1-18-5-4-15-11(10-8(19-2)3-6-20-10)13-14-12(15)21-7-9(16)17/h3,6H,4-5,7H2,1-2H3,(H,16,17). The highest BCUT2D eigenvalue weighted by atomic mass is 32.2. The lowest BCUT2D eigenvalue weighted by Crippen LogP contribution is -2.08. The van der Waals surface area contributed by atoms with Gasteiger partial charge < -0.3 is 14.6 Å². The number of aromatic nitrogens is 3. The smallest absolute Gasteiger partial charge is 0.313 e. The van der Waals surface area contributed by atoms with E-state index in [0.29, 0.717) is 24.1 Å². The Balaban J connectivity index is 2.34. The van der Waals surface area contributed by atoms with Crippen molar-refractivity contribution in [3.05, 3.63) is 11.4 Å². The van der Waals surface area contributed by atoms with Crippen molar-refractivity contribution in [1.29, 1.82) is 0 Å². The van der Waals surface area contributed by atoms with Gasteiger partial charge in [0.05, 0.1) is 26.0 Å². The van der Waals surface area contributed by atoms with Gasteiger partial charge in [0.1, 0.15) is 10.6 Å². The number of ether oxygens (including phenoxy) is 2. The maximum absolute atomic E-state index is 10.7. The molecule has 0 aliphatic heterocycles. The highest BCUT2D eigenvalue weighted by molar-refractivity contribution is 7.99. The summed E-state index contributed by atoms with van der Waals surface area (Å²) in [6, 6.07) is 1.86. The number of thioether (sulfide) groups is 1. The third-order valence-corrected chi connectivity index (χ3v) is 4.46. The molecule has 1 N–H and O–H groups in total. The van der Waals surface area contributed by atoms with Gasteiger partial charge in [-0.1, -0.05) is 11.8 Å². The van der Waals surface area contributed by atoms with Crippen LogP contribution < -0.4 is 4.74 Å². The molecule has 0 saturated heterocycles. The molecule has 0 unspecified atom stereocenters. The minimum Gasteiger partial charge on any atom is -0.495 e. The lowest BCUT2D eigenvalue weighted by Gasteiger charge is -2.09. The summed E-state index contributed by atoms with van der Waals surface area (Å²) in [6.45, 7) is 1.03. The fraction of sp³-hybridized carbons (Fsp3) is 0.417. The number of thiophene rings is 1. The van der Waals surface area contributed by atoms with E-state index in [0.717, 1.165) is 22.4 Å². The van der Waals surface area contributed by atoms with E-state index in [1.807, 2.05) is 16.0 Å². The summed E-state index contributed by atoms with van der Waals surface area (Å²) in [5.74, 6) is 0.427. The predicted molar refractivity (Wildman–Crippen MR) is 80.1 cm³/mol. The van der Waals surface area contributed by atoms with E-state index in [1.54, 1.807) is 14.2 Å². The molecule has 0 radical (unpaired) electrons. The summed E-state index contributed by atoms with van der Waals surface area (Å²) in [6.07, 6.45) is 0. The normalized spacial score (nSPS) is 10.8. The Bertz CT molecular complexity index is 611. The molecule has 21 heavy (non-hydrogen) atoms. The van der Waals surface area contributed by atoms with Crippen molar-refractivity contribution in [3.63, 3.8) is 0 Å². The van der Waals surface area contributed by atoms with Crippen LogP contribution in [0.2, 0.25) is 0 Å². The SMILES string of the molecule is COCCn1c(SCC(=O)O)nnc1-c1sccc1OC. The lowest BCUT2D eigenvalue weighted by atomic mass is 10.4. The van der Waals surface area contributed by atoms with E-state index in [4.69, 9.17) is 14.6 Å². The quantitative estimate of drug-likeness (QED) is 0.739. The number of aliphatic carboxylic acids is 1. The molecular formula is C12H15N3O4S2. The predicted octanol–water partition coefficient (Wildman–Crippen LogP) is 1.84. The van der Waals surface area contributed by atoms with Crippen molar-refractivity contribution in [2.45, 2.75) is 11.7 Å². The summed E-state index contributed by atoms with van der Waals surface area (Å²) in [5, 5.41) is 19.5. The van der Waals surface area contributed by atoms with Crippen molar-refractivity contribution in [1.82, 2.24) is 14.8 Å². The average molecular weight is 329 g/mol. The van der Waals surface area contributed by atoms with E-state index in [2.05, 4.69) is 10.2 Å². The van der Waals surface area contributed by atoms with Crippen LogP contribution in [0.15, 0.2) is 16.6 Å². The minimum atomic E-state index is -0.892. The van der Waals surface area contributed by atoms with Gasteiger partial charge in [0.2, 0.25) is 0 Å². The van der Waals surface area contributed by atoms with Crippen molar-refractivity contribution in [2.24, 2.45) is 0 Å². The van der Waals surface area contributed by atoms with Crippen LogP contribution in [0.25, 0.3) is 10.7 Å². The van der Waals surface area contributed by atoms with Crippen LogP contribution in [0.5, 0.6) is 5.75 Å². The first-order chi connectivity index (χ1) is 10.2. The number of carboxylic acid groups (broad SMARTS) is 1. The number of rotatable bonds is 8. The molecule has 9 heteroatoms. The minimum absolute atomic E-state index is 0.0628. The van der Waals surface area contributed by atoms with Crippen LogP contribution in [0.3, 0.4) is 0 Å². The Morgan fingerprint density at radius 2 is 2.29 bits per heavy atom. The highest BCUT2D eigenvalue weighted by Gasteiger charge is 2.19. The number of carboxylic acids is 1. The Kier molecular flexibility index (Phi) is 5.59. The van der Waals surface area contributed by atoms with Crippen LogP contribution in [0.1, 0.15) is 0 Å². The monoisotopic (exact) mass is 329 g/mol. The molecule has 0 bridgehead atoms. The van der Waals surface area contributed by atoms with Gasteiger partial charge in [-0.15, -0.1) is 21.5 Å². The van der Waals surface area contributed by atoms with Gasteiger partial charge in [0.15, 0.2) is 11.0 Å². The first-order valence-electron chi connectivity index (χ1n) is 6.06. The van der Waals surface area contributed by atoms with Gasteiger partial charge in [0.25, 0.3) is 0 Å². The molecule has 2 aromatic rings. The zero-order valence-corrected chi connectivity index (χ0v) is 13.2. The van der Waals surface area contributed by atoms with E-state index >= 15 is 0 Å². The van der Waals surface area contributed by atoms with E-state index in [9.17, 15) is 4.79 Å². The molecule has 114 valence electrons. The molecule has 0 atom stereocenters. The summed E-state index contributed by atoms with van der Waals surface area (Å²) >= 11 is 2.63. The zero-order valence-electron chi connectivity index (χ0n) is 11.6. The first kappa shape index (κ1) is 15.8.